The smallest absolute Gasteiger partial charge is 0.103 e. The van der Waals surface area contributed by atoms with Crippen LogP contribution in [-0.4, -0.2) is 12.0 Å². The van der Waals surface area contributed by atoms with Crippen LogP contribution in [0.4, 0.5) is 0 Å². The van der Waals surface area contributed by atoms with Gasteiger partial charge in [0.1, 0.15) is 5.01 Å². The van der Waals surface area contributed by atoms with Crippen LogP contribution < -0.4 is 5.32 Å². The second-order valence-electron chi connectivity index (χ2n) is 4.50. The minimum atomic E-state index is 0.925. The maximum atomic E-state index is 4.80. The minimum absolute atomic E-state index is 0.925. The zero-order chi connectivity index (χ0) is 14.4. The molecule has 0 saturated carbocycles. The first-order valence-electron chi connectivity index (χ1n) is 6.73. The van der Waals surface area contributed by atoms with Crippen LogP contribution in [0.2, 0.25) is 0 Å². The third-order valence-electron chi connectivity index (χ3n) is 2.81. The Bertz CT molecular complexity index is 531. The van der Waals surface area contributed by atoms with E-state index in [4.69, 9.17) is 4.98 Å². The highest BCUT2D eigenvalue weighted by atomic mass is 79.9. The van der Waals surface area contributed by atoms with Gasteiger partial charge in [0.05, 0.1) is 11.4 Å². The maximum absolute atomic E-state index is 4.80. The van der Waals surface area contributed by atoms with Gasteiger partial charge in [-0.05, 0) is 31.7 Å². The molecular formula is C15H19BrN2S2. The van der Waals surface area contributed by atoms with E-state index in [0.717, 1.165) is 29.6 Å². The Kier molecular flexibility index (Phi) is 6.55. The van der Waals surface area contributed by atoms with Gasteiger partial charge in [0, 0.05) is 20.8 Å². The molecule has 0 fully saturated rings. The lowest BCUT2D eigenvalue weighted by Crippen LogP contribution is -2.05. The van der Waals surface area contributed by atoms with Crippen LogP contribution in [-0.2, 0) is 18.7 Å². The van der Waals surface area contributed by atoms with E-state index in [1.165, 1.54) is 20.5 Å². The number of rotatable bonds is 7. The molecule has 2 nitrogen and oxygen atoms in total. The number of thiazole rings is 1. The molecule has 0 radical (unpaired) electrons. The number of hydrogen-bond acceptors (Lipinski definition) is 4. The van der Waals surface area contributed by atoms with Gasteiger partial charge in [0.25, 0.3) is 0 Å². The van der Waals surface area contributed by atoms with Gasteiger partial charge >= 0.3 is 0 Å². The number of nitrogens with one attached hydrogen (secondary N) is 1. The van der Waals surface area contributed by atoms with Gasteiger partial charge in [-0.15, -0.1) is 23.1 Å². The summed E-state index contributed by atoms with van der Waals surface area (Å²) in [5.41, 5.74) is 1.27. The summed E-state index contributed by atoms with van der Waals surface area (Å²) >= 11 is 7.20. The van der Waals surface area contributed by atoms with E-state index in [9.17, 15) is 0 Å². The number of nitrogens with zero attached hydrogens (tertiary/aromatic N) is 1. The first-order valence-corrected chi connectivity index (χ1v) is 9.33. The van der Waals surface area contributed by atoms with Gasteiger partial charge in [-0.1, -0.05) is 35.3 Å². The Morgan fingerprint density at radius 3 is 2.95 bits per heavy atom. The lowest BCUT2D eigenvalue weighted by Gasteiger charge is -1.99. The Morgan fingerprint density at radius 1 is 1.40 bits per heavy atom. The van der Waals surface area contributed by atoms with Crippen LogP contribution in [0.15, 0.2) is 33.6 Å². The summed E-state index contributed by atoms with van der Waals surface area (Å²) < 4.78 is 1.13. The van der Waals surface area contributed by atoms with Crippen molar-refractivity contribution < 1.29 is 0 Å². The topological polar surface area (TPSA) is 24.9 Å². The predicted octanol–water partition coefficient (Wildman–Crippen LogP) is 4.87. The summed E-state index contributed by atoms with van der Waals surface area (Å²) in [5, 5.41) is 4.46. The van der Waals surface area contributed by atoms with E-state index in [2.05, 4.69) is 52.4 Å². The van der Waals surface area contributed by atoms with Crippen molar-refractivity contribution in [2.45, 2.75) is 37.0 Å². The number of aryl methyl sites for hydroxylation is 1. The zero-order valence-electron chi connectivity index (χ0n) is 11.8. The second kappa shape index (κ2) is 8.17. The fourth-order valence-electron chi connectivity index (χ4n) is 1.93. The Hall–Kier alpha value is -0.360. The van der Waals surface area contributed by atoms with Crippen molar-refractivity contribution in [1.29, 1.82) is 0 Å². The van der Waals surface area contributed by atoms with Crippen molar-refractivity contribution in [2.24, 2.45) is 0 Å². The summed E-state index contributed by atoms with van der Waals surface area (Å²) in [6.45, 7) is 3.13. The molecule has 0 bridgehead atoms. The quantitative estimate of drug-likeness (QED) is 0.703. The summed E-state index contributed by atoms with van der Waals surface area (Å²) in [7, 11) is 1.99. The molecule has 0 aliphatic heterocycles. The summed E-state index contributed by atoms with van der Waals surface area (Å²) in [6, 6.07) is 8.42. The molecule has 1 N–H and O–H groups in total. The first kappa shape index (κ1) is 16.0. The summed E-state index contributed by atoms with van der Waals surface area (Å²) in [4.78, 5) is 7.47. The molecule has 108 valence electrons. The largest absolute Gasteiger partial charge is 0.315 e. The van der Waals surface area contributed by atoms with Crippen molar-refractivity contribution in [1.82, 2.24) is 10.3 Å². The first-order chi connectivity index (χ1) is 9.72. The number of thioether (sulfide) groups is 1. The van der Waals surface area contributed by atoms with Gasteiger partial charge in [-0.2, -0.15) is 0 Å². The van der Waals surface area contributed by atoms with Crippen molar-refractivity contribution in [3.63, 3.8) is 0 Å². The zero-order valence-corrected chi connectivity index (χ0v) is 15.0. The number of aromatic nitrogens is 1. The third-order valence-corrected chi connectivity index (χ3v) is 5.58. The van der Waals surface area contributed by atoms with Gasteiger partial charge in [0.15, 0.2) is 0 Å². The maximum Gasteiger partial charge on any atom is 0.103 e. The van der Waals surface area contributed by atoms with E-state index in [1.54, 1.807) is 0 Å². The van der Waals surface area contributed by atoms with Gasteiger partial charge in [-0.3, -0.25) is 0 Å². The molecule has 2 aromatic rings. The number of benzene rings is 1. The average Bonchev–Trinajstić information content (AvgIpc) is 2.80. The van der Waals surface area contributed by atoms with Crippen LogP contribution in [0.3, 0.4) is 0 Å². The predicted molar refractivity (Wildman–Crippen MR) is 92.6 cm³/mol. The fourth-order valence-corrected chi connectivity index (χ4v) is 4.56. The monoisotopic (exact) mass is 370 g/mol. The lowest BCUT2D eigenvalue weighted by atomic mass is 10.2. The molecule has 0 amide bonds. The normalized spacial score (nSPS) is 10.9. The standard InChI is InChI=1S/C15H19BrN2S2/c1-3-5-13-14(9-17-2)20-15(18-13)10-19-12-7-4-6-11(16)8-12/h4,6-8,17H,3,5,9-10H2,1-2H3. The van der Waals surface area contributed by atoms with Crippen molar-refractivity contribution in [3.8, 4) is 0 Å². The van der Waals surface area contributed by atoms with Crippen LogP contribution in [0, 0.1) is 0 Å². The van der Waals surface area contributed by atoms with Crippen molar-refractivity contribution in [3.05, 3.63) is 44.3 Å². The molecule has 0 spiro atoms. The molecule has 2 rings (SSSR count). The second-order valence-corrected chi connectivity index (χ2v) is 7.64. The minimum Gasteiger partial charge on any atom is -0.315 e. The van der Waals surface area contributed by atoms with E-state index in [-0.39, 0.29) is 0 Å². The average molecular weight is 371 g/mol. The van der Waals surface area contributed by atoms with Gasteiger partial charge < -0.3 is 5.32 Å². The van der Waals surface area contributed by atoms with E-state index < -0.39 is 0 Å². The molecule has 20 heavy (non-hydrogen) atoms. The van der Waals surface area contributed by atoms with Crippen LogP contribution >= 0.6 is 39.0 Å². The van der Waals surface area contributed by atoms with Crippen LogP contribution in [0.25, 0.3) is 0 Å². The van der Waals surface area contributed by atoms with Crippen LogP contribution in [0.5, 0.6) is 0 Å². The highest BCUT2D eigenvalue weighted by molar-refractivity contribution is 9.10. The fraction of sp³-hybridized carbons (Fsp3) is 0.400. The Morgan fingerprint density at radius 2 is 2.25 bits per heavy atom. The number of halogens is 1. The summed E-state index contributed by atoms with van der Waals surface area (Å²) in [6.07, 6.45) is 2.23. The molecule has 0 saturated heterocycles. The SMILES string of the molecule is CCCc1nc(CSc2cccc(Br)c2)sc1CNC. The Labute approximate surface area is 137 Å². The van der Waals surface area contributed by atoms with E-state index >= 15 is 0 Å². The molecule has 5 heteroatoms. The molecule has 0 aliphatic carbocycles. The molecule has 1 aromatic carbocycles. The highest BCUT2D eigenvalue weighted by Gasteiger charge is 2.10. The molecular weight excluding hydrogens is 352 g/mol. The molecule has 1 heterocycles. The van der Waals surface area contributed by atoms with E-state index in [1.807, 2.05) is 30.1 Å². The number of hydrogen-bond donors (Lipinski definition) is 1. The molecule has 0 unspecified atom stereocenters. The van der Waals surface area contributed by atoms with Gasteiger partial charge in [0.2, 0.25) is 0 Å². The highest BCUT2D eigenvalue weighted by Crippen LogP contribution is 2.29. The third kappa shape index (κ3) is 4.58. The van der Waals surface area contributed by atoms with Crippen molar-refractivity contribution >= 4 is 39.0 Å². The van der Waals surface area contributed by atoms with E-state index in [0.29, 0.717) is 0 Å². The Balaban J connectivity index is 2.03. The lowest BCUT2D eigenvalue weighted by molar-refractivity contribution is 0.797. The molecule has 0 atom stereocenters. The molecule has 1 aromatic heterocycles. The summed E-state index contributed by atoms with van der Waals surface area (Å²) in [5.74, 6) is 0.946. The van der Waals surface area contributed by atoms with Gasteiger partial charge in [-0.25, -0.2) is 4.98 Å². The van der Waals surface area contributed by atoms with Crippen molar-refractivity contribution in [2.75, 3.05) is 7.05 Å². The molecule has 0 aliphatic rings. The van der Waals surface area contributed by atoms with Crippen LogP contribution in [0.1, 0.15) is 28.9 Å².